The van der Waals surface area contributed by atoms with Gasteiger partial charge in [0.2, 0.25) is 0 Å². The van der Waals surface area contributed by atoms with Gasteiger partial charge in [0.1, 0.15) is 0 Å². The molecule has 2 unspecified atom stereocenters. The van der Waals surface area contributed by atoms with E-state index < -0.39 is 9.28 Å². The molecular weight excluding hydrogens is 276 g/mol. The van der Waals surface area contributed by atoms with E-state index in [0.29, 0.717) is 5.04 Å². The molecule has 0 aromatic heterocycles. The summed E-state index contributed by atoms with van der Waals surface area (Å²) in [4.78, 5) is 0. The van der Waals surface area contributed by atoms with Crippen molar-refractivity contribution in [1.29, 1.82) is 0 Å². The van der Waals surface area contributed by atoms with E-state index in [-0.39, 0.29) is 0 Å². The fraction of sp³-hybridized carbons (Fsp3) is 1.00. The van der Waals surface area contributed by atoms with Crippen LogP contribution in [0.3, 0.4) is 0 Å². The summed E-state index contributed by atoms with van der Waals surface area (Å²) in [6, 6.07) is 0. The topological polar surface area (TPSA) is 18.5 Å². The third kappa shape index (κ3) is 4.11. The second-order valence-corrected chi connectivity index (χ2v) is 10.1. The van der Waals surface area contributed by atoms with Crippen LogP contribution in [-0.4, -0.2) is 22.5 Å². The maximum Gasteiger partial charge on any atom is 0.328 e. The highest BCUT2D eigenvalue weighted by atomic mass is 28.3. The van der Waals surface area contributed by atoms with Crippen LogP contribution in [0.4, 0.5) is 0 Å². The molecule has 0 aromatic carbocycles. The summed E-state index contributed by atoms with van der Waals surface area (Å²) in [6.07, 6.45) is 11.2. The first kappa shape index (κ1) is 17.5. The summed E-state index contributed by atoms with van der Waals surface area (Å²) in [7, 11) is -1.58. The van der Waals surface area contributed by atoms with Gasteiger partial charge in [-0.05, 0) is 63.7 Å². The summed E-state index contributed by atoms with van der Waals surface area (Å²) in [6.45, 7) is 10.9. The van der Waals surface area contributed by atoms with Gasteiger partial charge in [-0.25, -0.2) is 0 Å². The van der Waals surface area contributed by atoms with Gasteiger partial charge in [0.25, 0.3) is 0 Å². The fourth-order valence-corrected chi connectivity index (χ4v) is 8.05. The molecule has 0 spiro atoms. The molecule has 21 heavy (non-hydrogen) atoms. The zero-order valence-electron chi connectivity index (χ0n) is 14.7. The molecule has 0 aromatic rings. The molecule has 2 saturated carbocycles. The summed E-state index contributed by atoms with van der Waals surface area (Å²) < 4.78 is 12.5. The van der Waals surface area contributed by atoms with Crippen molar-refractivity contribution in [2.75, 3.05) is 13.2 Å². The van der Waals surface area contributed by atoms with Crippen LogP contribution in [0.2, 0.25) is 5.04 Å². The first-order chi connectivity index (χ1) is 10.1. The molecule has 3 heteroatoms. The number of rotatable bonds is 6. The highest BCUT2D eigenvalue weighted by molar-refractivity contribution is 6.48. The van der Waals surface area contributed by atoms with Gasteiger partial charge in [0.15, 0.2) is 0 Å². The quantitative estimate of drug-likeness (QED) is 0.638. The first-order valence-electron chi connectivity index (χ1n) is 9.35. The minimum Gasteiger partial charge on any atom is -0.396 e. The van der Waals surface area contributed by atoms with E-state index in [0.717, 1.165) is 31.0 Å². The lowest BCUT2D eigenvalue weighted by Crippen LogP contribution is -2.46. The molecule has 2 atom stereocenters. The van der Waals surface area contributed by atoms with Gasteiger partial charge in [-0.2, -0.15) is 0 Å². The Kier molecular flexibility index (Phi) is 6.76. The van der Waals surface area contributed by atoms with Crippen molar-refractivity contribution in [2.45, 2.75) is 84.1 Å². The van der Waals surface area contributed by atoms with Crippen LogP contribution in [0.5, 0.6) is 0 Å². The lowest BCUT2D eigenvalue weighted by molar-refractivity contribution is 0.0915. The smallest absolute Gasteiger partial charge is 0.328 e. The van der Waals surface area contributed by atoms with Crippen LogP contribution < -0.4 is 0 Å². The molecule has 124 valence electrons. The van der Waals surface area contributed by atoms with Crippen molar-refractivity contribution >= 4 is 9.28 Å². The second kappa shape index (κ2) is 8.12. The highest BCUT2D eigenvalue weighted by Crippen LogP contribution is 2.57. The van der Waals surface area contributed by atoms with Gasteiger partial charge in [0, 0.05) is 18.3 Å². The fourth-order valence-electron chi connectivity index (χ4n) is 5.15. The molecule has 0 bridgehead atoms. The molecule has 2 nitrogen and oxygen atoms in total. The van der Waals surface area contributed by atoms with Crippen LogP contribution in [-0.2, 0) is 8.85 Å². The van der Waals surface area contributed by atoms with Gasteiger partial charge >= 0.3 is 9.28 Å². The average molecular weight is 313 g/mol. The second-order valence-electron chi connectivity index (χ2n) is 7.65. The lowest BCUT2D eigenvalue weighted by Gasteiger charge is -2.50. The van der Waals surface area contributed by atoms with Crippen LogP contribution >= 0.6 is 0 Å². The molecule has 0 aliphatic heterocycles. The maximum absolute atomic E-state index is 6.27. The molecule has 0 saturated heterocycles. The van der Waals surface area contributed by atoms with Crippen LogP contribution in [0.25, 0.3) is 0 Å². The minimum absolute atomic E-state index is 0.424. The highest BCUT2D eigenvalue weighted by Gasteiger charge is 2.50. The van der Waals surface area contributed by atoms with Crippen molar-refractivity contribution in [3.8, 4) is 0 Å². The molecule has 2 aliphatic carbocycles. The molecule has 2 aliphatic rings. The summed E-state index contributed by atoms with van der Waals surface area (Å²) in [5.41, 5.74) is 0. The maximum atomic E-state index is 6.27. The van der Waals surface area contributed by atoms with Gasteiger partial charge in [-0.3, -0.25) is 0 Å². The third-order valence-corrected chi connectivity index (χ3v) is 9.14. The van der Waals surface area contributed by atoms with Gasteiger partial charge < -0.3 is 8.85 Å². The van der Waals surface area contributed by atoms with E-state index in [1.807, 2.05) is 0 Å². The van der Waals surface area contributed by atoms with Crippen molar-refractivity contribution in [1.82, 2.24) is 0 Å². The van der Waals surface area contributed by atoms with Crippen LogP contribution in [0.1, 0.15) is 79.1 Å². The van der Waals surface area contributed by atoms with E-state index in [2.05, 4.69) is 27.7 Å². The normalized spacial score (nSPS) is 33.3. The summed E-state index contributed by atoms with van der Waals surface area (Å²) in [5.74, 6) is 2.62. The van der Waals surface area contributed by atoms with E-state index in [4.69, 9.17) is 8.85 Å². The average Bonchev–Trinajstić information content (AvgIpc) is 2.47. The zero-order chi connectivity index (χ0) is 15.3. The SMILES string of the molecule is CCO[SiH](OCC)C1(C2CC(C)CC(C)C2)CCCCC1. The van der Waals surface area contributed by atoms with E-state index in [9.17, 15) is 0 Å². The molecule has 0 radical (unpaired) electrons. The van der Waals surface area contributed by atoms with E-state index in [1.54, 1.807) is 0 Å². The van der Waals surface area contributed by atoms with Crippen molar-refractivity contribution in [3.63, 3.8) is 0 Å². The monoisotopic (exact) mass is 312 g/mol. The number of hydrogen-bond donors (Lipinski definition) is 0. The summed E-state index contributed by atoms with van der Waals surface area (Å²) >= 11 is 0. The Morgan fingerprint density at radius 2 is 1.38 bits per heavy atom. The van der Waals surface area contributed by atoms with Gasteiger partial charge in [0.05, 0.1) is 0 Å². The first-order valence-corrected chi connectivity index (χ1v) is 10.9. The molecule has 0 N–H and O–H groups in total. The van der Waals surface area contributed by atoms with Gasteiger partial charge in [-0.15, -0.1) is 0 Å². The Morgan fingerprint density at radius 3 is 1.86 bits per heavy atom. The molecule has 0 amide bonds. The molecule has 2 rings (SSSR count). The zero-order valence-corrected chi connectivity index (χ0v) is 15.9. The summed E-state index contributed by atoms with van der Waals surface area (Å²) in [5, 5.41) is 0.424. The minimum atomic E-state index is -1.58. The van der Waals surface area contributed by atoms with Crippen LogP contribution in [0, 0.1) is 17.8 Å². The number of hydrogen-bond acceptors (Lipinski definition) is 2. The van der Waals surface area contributed by atoms with Crippen molar-refractivity contribution in [2.24, 2.45) is 17.8 Å². The molecular formula is C18H36O2Si. The predicted octanol–water partition coefficient (Wildman–Crippen LogP) is 5.06. The Bertz CT molecular complexity index is 286. The predicted molar refractivity (Wildman–Crippen MR) is 91.8 cm³/mol. The van der Waals surface area contributed by atoms with Crippen molar-refractivity contribution in [3.05, 3.63) is 0 Å². The standard InChI is InChI=1S/C18H36O2Si/c1-5-19-21(20-6-2)18(10-8-7-9-11-18)17-13-15(3)12-16(4)14-17/h15-17,21H,5-14H2,1-4H3. The van der Waals surface area contributed by atoms with Crippen LogP contribution in [0.15, 0.2) is 0 Å². The van der Waals surface area contributed by atoms with Gasteiger partial charge in [-0.1, -0.05) is 33.1 Å². The van der Waals surface area contributed by atoms with E-state index >= 15 is 0 Å². The Balaban J connectivity index is 2.21. The molecule has 2 fully saturated rings. The Hall–Kier alpha value is 0.137. The van der Waals surface area contributed by atoms with Crippen molar-refractivity contribution < 1.29 is 8.85 Å². The lowest BCUT2D eigenvalue weighted by atomic mass is 9.67. The third-order valence-electron chi connectivity index (χ3n) is 5.88. The Morgan fingerprint density at radius 1 is 0.857 bits per heavy atom. The van der Waals surface area contributed by atoms with E-state index in [1.165, 1.54) is 51.4 Å². The molecule has 0 heterocycles. The Labute approximate surface area is 133 Å². The largest absolute Gasteiger partial charge is 0.396 e.